The molecule has 3 nitrogen and oxygen atoms in total. The maximum Gasteiger partial charge on any atom is 0.405 e. The van der Waals surface area contributed by atoms with Crippen molar-refractivity contribution in [3.8, 4) is 5.75 Å². The van der Waals surface area contributed by atoms with Crippen LogP contribution in [-0.4, -0.2) is 37.3 Å². The van der Waals surface area contributed by atoms with Gasteiger partial charge in [-0.2, -0.15) is 13.2 Å². The summed E-state index contributed by atoms with van der Waals surface area (Å²) in [5.74, 6) is 0.624. The van der Waals surface area contributed by atoms with Gasteiger partial charge in [0.1, 0.15) is 11.8 Å². The molecule has 2 N–H and O–H groups in total. The van der Waals surface area contributed by atoms with E-state index >= 15 is 0 Å². The molecule has 0 radical (unpaired) electrons. The Bertz CT molecular complexity index is 423. The highest BCUT2D eigenvalue weighted by Gasteiger charge is 2.45. The molecule has 1 aromatic carbocycles. The van der Waals surface area contributed by atoms with Gasteiger partial charge in [-0.1, -0.05) is 19.1 Å². The minimum Gasteiger partial charge on any atom is -0.497 e. The number of nitrogens with zero attached hydrogens (tertiary/aromatic N) is 1. The van der Waals surface area contributed by atoms with E-state index in [-0.39, 0.29) is 13.0 Å². The molecule has 6 heteroatoms. The molecule has 1 aromatic rings. The Morgan fingerprint density at radius 3 is 2.50 bits per heavy atom. The van der Waals surface area contributed by atoms with E-state index < -0.39 is 18.3 Å². The second-order valence-corrected chi connectivity index (χ2v) is 4.83. The average Bonchev–Trinajstić information content (AvgIpc) is 2.37. The molecule has 0 aromatic heterocycles. The number of nitrogens with two attached hydrogens (primary N) is 1. The Hall–Kier alpha value is -1.27. The lowest BCUT2D eigenvalue weighted by atomic mass is 10.0. The Morgan fingerprint density at radius 1 is 1.35 bits per heavy atom. The standard InChI is InChI=1S/C14H21F3N2O/c1-4-12(18)13(14(15,16)17)19(2)9-10-6-5-7-11(8-10)20-3/h5-8,12-13H,4,9,18H2,1-3H3. The molecule has 20 heavy (non-hydrogen) atoms. The Balaban J connectivity index is 2.87. The molecule has 0 saturated carbocycles. The van der Waals surface area contributed by atoms with Gasteiger partial charge in [0.2, 0.25) is 0 Å². The van der Waals surface area contributed by atoms with Gasteiger partial charge in [-0.15, -0.1) is 0 Å². The molecule has 0 amide bonds. The zero-order valence-corrected chi connectivity index (χ0v) is 11.9. The average molecular weight is 290 g/mol. The Labute approximate surface area is 117 Å². The van der Waals surface area contributed by atoms with Crippen LogP contribution in [0.2, 0.25) is 0 Å². The normalized spacial score (nSPS) is 15.2. The predicted molar refractivity (Wildman–Crippen MR) is 72.6 cm³/mol. The van der Waals surface area contributed by atoms with Crippen molar-refractivity contribution in [2.75, 3.05) is 14.2 Å². The summed E-state index contributed by atoms with van der Waals surface area (Å²) in [6, 6.07) is 4.40. The zero-order chi connectivity index (χ0) is 15.3. The third-order valence-corrected chi connectivity index (χ3v) is 3.25. The summed E-state index contributed by atoms with van der Waals surface area (Å²) in [6.45, 7) is 1.82. The molecule has 0 aliphatic rings. The van der Waals surface area contributed by atoms with E-state index in [1.165, 1.54) is 19.1 Å². The molecule has 0 heterocycles. The van der Waals surface area contributed by atoms with Crippen molar-refractivity contribution in [3.63, 3.8) is 0 Å². The number of alkyl halides is 3. The monoisotopic (exact) mass is 290 g/mol. The summed E-state index contributed by atoms with van der Waals surface area (Å²) in [5.41, 5.74) is 6.38. The van der Waals surface area contributed by atoms with Crippen molar-refractivity contribution in [2.45, 2.75) is 38.1 Å². The van der Waals surface area contributed by atoms with E-state index in [0.717, 1.165) is 5.56 Å². The number of ether oxygens (including phenoxy) is 1. The van der Waals surface area contributed by atoms with Gasteiger partial charge in [-0.3, -0.25) is 4.90 Å². The highest BCUT2D eigenvalue weighted by Crippen LogP contribution is 2.28. The minimum absolute atomic E-state index is 0.162. The van der Waals surface area contributed by atoms with Crippen LogP contribution in [0.25, 0.3) is 0 Å². The smallest absolute Gasteiger partial charge is 0.405 e. The van der Waals surface area contributed by atoms with Crippen LogP contribution in [0, 0.1) is 0 Å². The van der Waals surface area contributed by atoms with Gasteiger partial charge in [0.15, 0.2) is 0 Å². The number of halogens is 3. The highest BCUT2D eigenvalue weighted by atomic mass is 19.4. The van der Waals surface area contributed by atoms with Crippen LogP contribution in [0.5, 0.6) is 5.75 Å². The van der Waals surface area contributed by atoms with Crippen molar-refractivity contribution in [3.05, 3.63) is 29.8 Å². The fraction of sp³-hybridized carbons (Fsp3) is 0.571. The van der Waals surface area contributed by atoms with Gasteiger partial charge in [0.05, 0.1) is 7.11 Å². The quantitative estimate of drug-likeness (QED) is 0.875. The highest BCUT2D eigenvalue weighted by molar-refractivity contribution is 5.28. The summed E-state index contributed by atoms with van der Waals surface area (Å²) in [5, 5.41) is 0. The van der Waals surface area contributed by atoms with E-state index in [2.05, 4.69) is 0 Å². The maximum atomic E-state index is 13.1. The zero-order valence-electron chi connectivity index (χ0n) is 11.9. The number of hydrogen-bond acceptors (Lipinski definition) is 3. The maximum absolute atomic E-state index is 13.1. The largest absolute Gasteiger partial charge is 0.497 e. The SMILES string of the molecule is CCC(N)C(N(C)Cc1cccc(OC)c1)C(F)(F)F. The third-order valence-electron chi connectivity index (χ3n) is 3.25. The van der Waals surface area contributed by atoms with E-state index in [0.29, 0.717) is 5.75 Å². The van der Waals surface area contributed by atoms with Gasteiger partial charge >= 0.3 is 6.18 Å². The molecule has 0 fully saturated rings. The lowest BCUT2D eigenvalue weighted by molar-refractivity contribution is -0.187. The third kappa shape index (κ3) is 4.38. The molecular weight excluding hydrogens is 269 g/mol. The number of benzene rings is 1. The van der Waals surface area contributed by atoms with Gasteiger partial charge in [0, 0.05) is 12.6 Å². The van der Waals surface area contributed by atoms with Crippen molar-refractivity contribution < 1.29 is 17.9 Å². The van der Waals surface area contributed by atoms with Gasteiger partial charge in [0.25, 0.3) is 0 Å². The van der Waals surface area contributed by atoms with Gasteiger partial charge < -0.3 is 10.5 Å². The summed E-state index contributed by atoms with van der Waals surface area (Å²) in [7, 11) is 2.96. The van der Waals surface area contributed by atoms with E-state index in [1.54, 1.807) is 31.2 Å². The fourth-order valence-electron chi connectivity index (χ4n) is 2.20. The molecule has 2 unspecified atom stereocenters. The first-order valence-electron chi connectivity index (χ1n) is 6.45. The van der Waals surface area contributed by atoms with Crippen LogP contribution in [0.15, 0.2) is 24.3 Å². The Kier molecular flexibility index (Phi) is 5.83. The fourth-order valence-corrected chi connectivity index (χ4v) is 2.20. The number of hydrogen-bond donors (Lipinski definition) is 1. The number of likely N-dealkylation sites (N-methyl/N-ethyl adjacent to an activating group) is 1. The van der Waals surface area contributed by atoms with Crippen molar-refractivity contribution in [1.29, 1.82) is 0 Å². The number of rotatable bonds is 6. The first-order valence-corrected chi connectivity index (χ1v) is 6.45. The molecule has 1 rings (SSSR count). The van der Waals surface area contributed by atoms with Crippen LogP contribution in [0.1, 0.15) is 18.9 Å². The lowest BCUT2D eigenvalue weighted by Crippen LogP contribution is -2.54. The topological polar surface area (TPSA) is 38.5 Å². The van der Waals surface area contributed by atoms with Gasteiger partial charge in [-0.05, 0) is 31.2 Å². The van der Waals surface area contributed by atoms with Crippen LogP contribution < -0.4 is 10.5 Å². The van der Waals surface area contributed by atoms with Crippen LogP contribution in [0.3, 0.4) is 0 Å². The number of methoxy groups -OCH3 is 1. The molecule has 0 aliphatic heterocycles. The van der Waals surface area contributed by atoms with Crippen molar-refractivity contribution >= 4 is 0 Å². The first kappa shape index (κ1) is 16.8. The second kappa shape index (κ2) is 6.95. The molecule has 0 aliphatic carbocycles. The van der Waals surface area contributed by atoms with Crippen LogP contribution in [-0.2, 0) is 6.54 Å². The summed E-state index contributed by atoms with van der Waals surface area (Å²) < 4.78 is 44.4. The molecule has 0 bridgehead atoms. The van der Waals surface area contributed by atoms with E-state index in [4.69, 9.17) is 10.5 Å². The molecule has 2 atom stereocenters. The second-order valence-electron chi connectivity index (χ2n) is 4.83. The first-order chi connectivity index (χ1) is 9.29. The summed E-state index contributed by atoms with van der Waals surface area (Å²) >= 11 is 0. The van der Waals surface area contributed by atoms with E-state index in [1.807, 2.05) is 0 Å². The molecule has 0 saturated heterocycles. The van der Waals surface area contributed by atoms with E-state index in [9.17, 15) is 13.2 Å². The predicted octanol–water partition coefficient (Wildman–Crippen LogP) is 2.80. The molecule has 0 spiro atoms. The van der Waals surface area contributed by atoms with Crippen molar-refractivity contribution in [2.24, 2.45) is 5.73 Å². The molecular formula is C14H21F3N2O. The van der Waals surface area contributed by atoms with Crippen LogP contribution in [0.4, 0.5) is 13.2 Å². The van der Waals surface area contributed by atoms with Gasteiger partial charge in [-0.25, -0.2) is 0 Å². The lowest BCUT2D eigenvalue weighted by Gasteiger charge is -2.33. The van der Waals surface area contributed by atoms with Crippen molar-refractivity contribution in [1.82, 2.24) is 4.90 Å². The summed E-state index contributed by atoms with van der Waals surface area (Å²) in [4.78, 5) is 1.24. The Morgan fingerprint density at radius 2 is 2.00 bits per heavy atom. The minimum atomic E-state index is -4.34. The molecule has 114 valence electrons. The summed E-state index contributed by atoms with van der Waals surface area (Å²) in [6.07, 6.45) is -4.07. The van der Waals surface area contributed by atoms with Crippen LogP contribution >= 0.6 is 0 Å².